The van der Waals surface area contributed by atoms with Crippen molar-refractivity contribution in [1.29, 1.82) is 0 Å². The van der Waals surface area contributed by atoms with Gasteiger partial charge in [-0.3, -0.25) is 0 Å². The smallest absolute Gasteiger partial charge is 0.416 e. The average molecular weight is 232 g/mol. The Morgan fingerprint density at radius 2 is 2.12 bits per heavy atom. The monoisotopic (exact) mass is 232 g/mol. The van der Waals surface area contributed by atoms with Crippen LogP contribution in [0, 0.1) is 0 Å². The van der Waals surface area contributed by atoms with E-state index in [9.17, 15) is 13.2 Å². The molecule has 1 aromatic rings. The SMILES string of the molecule is FC(F)(F)c1cccc(OCC2CCO2)c1. The Bertz CT molecular complexity index is 358. The molecule has 0 aliphatic carbocycles. The molecule has 0 bridgehead atoms. The molecule has 2 nitrogen and oxygen atoms in total. The molecular formula is C11H11F3O2. The zero-order valence-electron chi connectivity index (χ0n) is 8.46. The first-order valence-corrected chi connectivity index (χ1v) is 4.97. The zero-order valence-corrected chi connectivity index (χ0v) is 8.46. The largest absolute Gasteiger partial charge is 0.491 e. The van der Waals surface area contributed by atoms with Crippen LogP contribution in [0.2, 0.25) is 0 Å². The van der Waals surface area contributed by atoms with Gasteiger partial charge in [0.15, 0.2) is 0 Å². The summed E-state index contributed by atoms with van der Waals surface area (Å²) in [6.07, 6.45) is -3.40. The molecule has 1 aromatic carbocycles. The van der Waals surface area contributed by atoms with Gasteiger partial charge in [0.1, 0.15) is 12.4 Å². The molecule has 0 N–H and O–H groups in total. The van der Waals surface area contributed by atoms with Crippen LogP contribution in [0.25, 0.3) is 0 Å². The fourth-order valence-corrected chi connectivity index (χ4v) is 1.37. The fraction of sp³-hybridized carbons (Fsp3) is 0.455. The minimum Gasteiger partial charge on any atom is -0.491 e. The van der Waals surface area contributed by atoms with Gasteiger partial charge < -0.3 is 9.47 Å². The predicted molar refractivity (Wildman–Crippen MR) is 51.3 cm³/mol. The van der Waals surface area contributed by atoms with Gasteiger partial charge in [-0.2, -0.15) is 13.2 Å². The second kappa shape index (κ2) is 4.33. The first-order chi connectivity index (χ1) is 7.55. The van der Waals surface area contributed by atoms with E-state index in [4.69, 9.17) is 9.47 Å². The van der Waals surface area contributed by atoms with Gasteiger partial charge in [0.05, 0.1) is 11.7 Å². The lowest BCUT2D eigenvalue weighted by atomic mass is 10.2. The minimum atomic E-state index is -4.33. The number of alkyl halides is 3. The fourth-order valence-electron chi connectivity index (χ4n) is 1.37. The van der Waals surface area contributed by atoms with E-state index in [1.807, 2.05) is 0 Å². The highest BCUT2D eigenvalue weighted by Crippen LogP contribution is 2.31. The lowest BCUT2D eigenvalue weighted by molar-refractivity contribution is -0.137. The van der Waals surface area contributed by atoms with Gasteiger partial charge in [-0.05, 0) is 18.2 Å². The number of rotatable bonds is 3. The molecule has 16 heavy (non-hydrogen) atoms. The van der Waals surface area contributed by atoms with Gasteiger partial charge in [0.25, 0.3) is 0 Å². The molecule has 1 aliphatic heterocycles. The Morgan fingerprint density at radius 1 is 1.38 bits per heavy atom. The third kappa shape index (κ3) is 2.66. The van der Waals surface area contributed by atoms with Crippen LogP contribution in [0.4, 0.5) is 13.2 Å². The molecule has 0 radical (unpaired) electrons. The van der Waals surface area contributed by atoms with E-state index < -0.39 is 11.7 Å². The Hall–Kier alpha value is -1.23. The van der Waals surface area contributed by atoms with Crippen molar-refractivity contribution in [2.75, 3.05) is 13.2 Å². The summed E-state index contributed by atoms with van der Waals surface area (Å²) in [6.45, 7) is 1.01. The van der Waals surface area contributed by atoms with Crippen LogP contribution in [0.3, 0.4) is 0 Å². The molecular weight excluding hydrogens is 221 g/mol. The molecule has 5 heteroatoms. The predicted octanol–water partition coefficient (Wildman–Crippen LogP) is 2.87. The molecule has 1 heterocycles. The Balaban J connectivity index is 1.98. The van der Waals surface area contributed by atoms with Gasteiger partial charge in [-0.1, -0.05) is 6.07 Å². The van der Waals surface area contributed by atoms with E-state index in [2.05, 4.69) is 0 Å². The molecule has 1 aliphatic rings. The second-order valence-electron chi connectivity index (χ2n) is 3.62. The Morgan fingerprint density at radius 3 is 2.69 bits per heavy atom. The summed E-state index contributed by atoms with van der Waals surface area (Å²) < 4.78 is 47.4. The molecule has 2 rings (SSSR count). The molecule has 0 amide bonds. The third-order valence-electron chi connectivity index (χ3n) is 2.39. The number of hydrogen-bond acceptors (Lipinski definition) is 2. The topological polar surface area (TPSA) is 18.5 Å². The van der Waals surface area contributed by atoms with Crippen molar-refractivity contribution < 1.29 is 22.6 Å². The van der Waals surface area contributed by atoms with E-state index >= 15 is 0 Å². The molecule has 0 spiro atoms. The lowest BCUT2D eigenvalue weighted by Crippen LogP contribution is -2.32. The molecule has 88 valence electrons. The maximum atomic E-state index is 12.4. The summed E-state index contributed by atoms with van der Waals surface area (Å²) in [5, 5.41) is 0. The minimum absolute atomic E-state index is 0.0227. The second-order valence-corrected chi connectivity index (χ2v) is 3.62. The number of hydrogen-bond donors (Lipinski definition) is 0. The quantitative estimate of drug-likeness (QED) is 0.797. The van der Waals surface area contributed by atoms with Gasteiger partial charge in [-0.15, -0.1) is 0 Å². The van der Waals surface area contributed by atoms with Crippen molar-refractivity contribution in [3.05, 3.63) is 29.8 Å². The summed E-state index contributed by atoms with van der Waals surface area (Å²) in [7, 11) is 0. The van der Waals surface area contributed by atoms with Crippen LogP contribution < -0.4 is 4.74 Å². The van der Waals surface area contributed by atoms with Crippen molar-refractivity contribution in [3.8, 4) is 5.75 Å². The van der Waals surface area contributed by atoms with Crippen LogP contribution in [-0.4, -0.2) is 19.3 Å². The first-order valence-electron chi connectivity index (χ1n) is 4.97. The van der Waals surface area contributed by atoms with E-state index in [1.165, 1.54) is 12.1 Å². The summed E-state index contributed by atoms with van der Waals surface area (Å²) in [6, 6.07) is 4.86. The molecule has 1 atom stereocenters. The van der Waals surface area contributed by atoms with Crippen LogP contribution in [-0.2, 0) is 10.9 Å². The molecule has 1 unspecified atom stereocenters. The van der Waals surface area contributed by atoms with Crippen molar-refractivity contribution >= 4 is 0 Å². The summed E-state index contributed by atoms with van der Waals surface area (Å²) in [5.74, 6) is 0.227. The Kier molecular flexibility index (Phi) is 3.05. The summed E-state index contributed by atoms with van der Waals surface area (Å²) >= 11 is 0. The van der Waals surface area contributed by atoms with Crippen LogP contribution in [0.15, 0.2) is 24.3 Å². The van der Waals surface area contributed by atoms with E-state index in [1.54, 1.807) is 0 Å². The molecule has 0 saturated carbocycles. The zero-order chi connectivity index (χ0) is 11.6. The van der Waals surface area contributed by atoms with Gasteiger partial charge in [0, 0.05) is 13.0 Å². The highest BCUT2D eigenvalue weighted by atomic mass is 19.4. The lowest BCUT2D eigenvalue weighted by Gasteiger charge is -2.26. The third-order valence-corrected chi connectivity index (χ3v) is 2.39. The summed E-state index contributed by atoms with van der Waals surface area (Å²) in [5.41, 5.74) is -0.695. The van der Waals surface area contributed by atoms with Crippen molar-refractivity contribution in [2.45, 2.75) is 18.7 Å². The van der Waals surface area contributed by atoms with E-state index in [-0.39, 0.29) is 11.9 Å². The highest BCUT2D eigenvalue weighted by molar-refractivity contribution is 5.30. The van der Waals surface area contributed by atoms with Crippen LogP contribution in [0.5, 0.6) is 5.75 Å². The van der Waals surface area contributed by atoms with Gasteiger partial charge in [-0.25, -0.2) is 0 Å². The van der Waals surface area contributed by atoms with Crippen LogP contribution in [0.1, 0.15) is 12.0 Å². The highest BCUT2D eigenvalue weighted by Gasteiger charge is 2.30. The standard InChI is InChI=1S/C11H11F3O2/c12-11(13,14)8-2-1-3-9(6-8)16-7-10-4-5-15-10/h1-3,6,10H,4-5,7H2. The van der Waals surface area contributed by atoms with E-state index in [0.29, 0.717) is 13.2 Å². The van der Waals surface area contributed by atoms with Crippen molar-refractivity contribution in [2.24, 2.45) is 0 Å². The number of benzene rings is 1. The van der Waals surface area contributed by atoms with Crippen molar-refractivity contribution in [3.63, 3.8) is 0 Å². The number of halogens is 3. The van der Waals surface area contributed by atoms with Gasteiger partial charge in [0.2, 0.25) is 0 Å². The molecule has 1 saturated heterocycles. The first kappa shape index (κ1) is 11.3. The normalized spacial score (nSPS) is 20.3. The molecule has 1 fully saturated rings. The number of ether oxygens (including phenoxy) is 2. The maximum absolute atomic E-state index is 12.4. The molecule has 0 aromatic heterocycles. The van der Waals surface area contributed by atoms with E-state index in [0.717, 1.165) is 18.6 Å². The average Bonchev–Trinajstić information content (AvgIpc) is 2.14. The van der Waals surface area contributed by atoms with Crippen molar-refractivity contribution in [1.82, 2.24) is 0 Å². The van der Waals surface area contributed by atoms with Crippen LogP contribution >= 0.6 is 0 Å². The Labute approximate surface area is 91.0 Å². The van der Waals surface area contributed by atoms with Gasteiger partial charge >= 0.3 is 6.18 Å². The summed E-state index contributed by atoms with van der Waals surface area (Å²) in [4.78, 5) is 0. The maximum Gasteiger partial charge on any atom is 0.416 e.